The van der Waals surface area contributed by atoms with E-state index in [2.05, 4.69) is 5.10 Å². The van der Waals surface area contributed by atoms with Gasteiger partial charge in [0.2, 0.25) is 5.95 Å². The van der Waals surface area contributed by atoms with Gasteiger partial charge in [0.05, 0.1) is 12.6 Å². The molecule has 100 valence electrons. The molecule has 1 aromatic heterocycles. The van der Waals surface area contributed by atoms with Gasteiger partial charge in [-0.15, -0.1) is 0 Å². The summed E-state index contributed by atoms with van der Waals surface area (Å²) < 4.78 is 19.8. The Labute approximate surface area is 110 Å². The molecule has 1 atom stereocenters. The Balaban J connectivity index is 2.28. The molecule has 0 aliphatic heterocycles. The normalized spacial score (nSPS) is 12.2. The zero-order valence-corrected chi connectivity index (χ0v) is 10.8. The van der Waals surface area contributed by atoms with Gasteiger partial charge in [-0.2, -0.15) is 9.49 Å². The zero-order valence-electron chi connectivity index (χ0n) is 10.8. The van der Waals surface area contributed by atoms with Gasteiger partial charge in [-0.25, -0.2) is 9.48 Å². The lowest BCUT2D eigenvalue weighted by Gasteiger charge is -2.12. The van der Waals surface area contributed by atoms with Gasteiger partial charge >= 0.3 is 5.97 Å². The fourth-order valence-corrected chi connectivity index (χ4v) is 1.82. The number of rotatable bonds is 4. The molecular formula is C14H15FN2O2. The quantitative estimate of drug-likeness (QED) is 0.796. The highest BCUT2D eigenvalue weighted by Gasteiger charge is 2.19. The second kappa shape index (κ2) is 5.65. The summed E-state index contributed by atoms with van der Waals surface area (Å²) in [7, 11) is 0. The highest BCUT2D eigenvalue weighted by atomic mass is 19.1. The predicted octanol–water partition coefficient (Wildman–Crippen LogP) is 2.81. The third kappa shape index (κ3) is 2.81. The van der Waals surface area contributed by atoms with Crippen LogP contribution in [0.3, 0.4) is 0 Å². The number of nitrogens with zero attached hydrogens (tertiary/aromatic N) is 2. The third-order valence-electron chi connectivity index (χ3n) is 2.82. The van der Waals surface area contributed by atoms with E-state index in [4.69, 9.17) is 4.74 Å². The minimum Gasteiger partial charge on any atom is -0.461 e. The molecule has 1 heterocycles. The standard InChI is InChI=1S/C14H15FN2O2/c1-3-19-14(18)12-9-13(15)17(16-12)10(2)11-7-5-4-6-8-11/h4-10H,3H2,1-2H3/t10-/m1/s1. The van der Waals surface area contributed by atoms with Crippen LogP contribution in [-0.4, -0.2) is 22.4 Å². The van der Waals surface area contributed by atoms with E-state index >= 15 is 0 Å². The summed E-state index contributed by atoms with van der Waals surface area (Å²) in [5, 5.41) is 3.97. The van der Waals surface area contributed by atoms with E-state index in [1.807, 2.05) is 37.3 Å². The summed E-state index contributed by atoms with van der Waals surface area (Å²) in [6, 6.07) is 10.2. The fourth-order valence-electron chi connectivity index (χ4n) is 1.82. The molecule has 4 nitrogen and oxygen atoms in total. The minimum atomic E-state index is -0.611. The van der Waals surface area contributed by atoms with Crippen molar-refractivity contribution in [3.8, 4) is 0 Å². The molecule has 1 aromatic carbocycles. The number of halogens is 1. The van der Waals surface area contributed by atoms with Crippen LogP contribution in [0.15, 0.2) is 36.4 Å². The molecule has 0 aliphatic rings. The number of ether oxygens (including phenoxy) is 1. The fraction of sp³-hybridized carbons (Fsp3) is 0.286. The van der Waals surface area contributed by atoms with Crippen molar-refractivity contribution in [2.24, 2.45) is 0 Å². The molecule has 0 bridgehead atoms. The lowest BCUT2D eigenvalue weighted by atomic mass is 10.1. The van der Waals surface area contributed by atoms with Crippen LogP contribution >= 0.6 is 0 Å². The number of esters is 1. The SMILES string of the molecule is CCOC(=O)c1cc(F)n([C@H](C)c2ccccc2)n1. The lowest BCUT2D eigenvalue weighted by Crippen LogP contribution is -2.12. The molecule has 0 saturated heterocycles. The van der Waals surface area contributed by atoms with Gasteiger partial charge in [-0.05, 0) is 19.4 Å². The largest absolute Gasteiger partial charge is 0.461 e. The summed E-state index contributed by atoms with van der Waals surface area (Å²) in [5.41, 5.74) is 0.905. The van der Waals surface area contributed by atoms with Crippen molar-refractivity contribution < 1.29 is 13.9 Å². The van der Waals surface area contributed by atoms with Gasteiger partial charge in [0.25, 0.3) is 0 Å². The second-order valence-corrected chi connectivity index (χ2v) is 4.10. The number of aromatic nitrogens is 2. The van der Waals surface area contributed by atoms with Gasteiger partial charge in [-0.3, -0.25) is 0 Å². The topological polar surface area (TPSA) is 44.1 Å². The Morgan fingerprint density at radius 1 is 1.42 bits per heavy atom. The number of benzene rings is 1. The van der Waals surface area contributed by atoms with Crippen molar-refractivity contribution in [3.05, 3.63) is 53.6 Å². The van der Waals surface area contributed by atoms with Crippen molar-refractivity contribution in [1.82, 2.24) is 9.78 Å². The van der Waals surface area contributed by atoms with Gasteiger partial charge in [0.1, 0.15) is 0 Å². The molecule has 2 rings (SSSR count). The van der Waals surface area contributed by atoms with E-state index in [9.17, 15) is 9.18 Å². The molecule has 0 amide bonds. The van der Waals surface area contributed by atoms with Gasteiger partial charge in [0, 0.05) is 6.07 Å². The smallest absolute Gasteiger partial charge is 0.358 e. The first-order chi connectivity index (χ1) is 9.13. The predicted molar refractivity (Wildman–Crippen MR) is 68.4 cm³/mol. The number of carbonyl (C=O) groups is 1. The van der Waals surface area contributed by atoms with Crippen molar-refractivity contribution in [3.63, 3.8) is 0 Å². The average Bonchev–Trinajstić information content (AvgIpc) is 2.81. The Hall–Kier alpha value is -2.17. The van der Waals surface area contributed by atoms with E-state index in [1.165, 1.54) is 4.68 Å². The lowest BCUT2D eigenvalue weighted by molar-refractivity contribution is 0.0518. The minimum absolute atomic E-state index is 0.0119. The van der Waals surface area contributed by atoms with Gasteiger partial charge < -0.3 is 4.74 Å². The van der Waals surface area contributed by atoms with E-state index in [0.717, 1.165) is 11.6 Å². The number of hydrogen-bond acceptors (Lipinski definition) is 3. The Bertz CT molecular complexity index is 566. The molecule has 19 heavy (non-hydrogen) atoms. The van der Waals surface area contributed by atoms with Crippen LogP contribution in [0.1, 0.15) is 35.9 Å². The molecule has 0 unspecified atom stereocenters. The average molecular weight is 262 g/mol. The van der Waals surface area contributed by atoms with Crippen molar-refractivity contribution in [2.75, 3.05) is 6.61 Å². The second-order valence-electron chi connectivity index (χ2n) is 4.10. The van der Waals surface area contributed by atoms with Crippen LogP contribution in [-0.2, 0) is 4.74 Å². The maximum absolute atomic E-state index is 13.8. The van der Waals surface area contributed by atoms with Gasteiger partial charge in [-0.1, -0.05) is 30.3 Å². The van der Waals surface area contributed by atoms with Crippen molar-refractivity contribution in [2.45, 2.75) is 19.9 Å². The first-order valence-electron chi connectivity index (χ1n) is 6.10. The van der Waals surface area contributed by atoms with Crippen LogP contribution in [0, 0.1) is 5.95 Å². The monoisotopic (exact) mass is 262 g/mol. The van der Waals surface area contributed by atoms with E-state index in [1.54, 1.807) is 6.92 Å². The van der Waals surface area contributed by atoms with E-state index < -0.39 is 11.9 Å². The van der Waals surface area contributed by atoms with Crippen LogP contribution in [0.5, 0.6) is 0 Å². The van der Waals surface area contributed by atoms with E-state index in [-0.39, 0.29) is 18.3 Å². The molecular weight excluding hydrogens is 247 g/mol. The van der Waals surface area contributed by atoms with Crippen LogP contribution < -0.4 is 0 Å². The molecule has 0 aliphatic carbocycles. The molecule has 5 heteroatoms. The summed E-state index contributed by atoms with van der Waals surface area (Å²) >= 11 is 0. The summed E-state index contributed by atoms with van der Waals surface area (Å²) in [6.07, 6.45) is 0. The summed E-state index contributed by atoms with van der Waals surface area (Å²) in [6.45, 7) is 3.75. The highest BCUT2D eigenvalue weighted by Crippen LogP contribution is 2.19. The van der Waals surface area contributed by atoms with Crippen LogP contribution in [0.4, 0.5) is 4.39 Å². The van der Waals surface area contributed by atoms with Crippen molar-refractivity contribution >= 4 is 5.97 Å². The highest BCUT2D eigenvalue weighted by molar-refractivity contribution is 5.87. The van der Waals surface area contributed by atoms with Crippen LogP contribution in [0.2, 0.25) is 0 Å². The Morgan fingerprint density at radius 3 is 2.74 bits per heavy atom. The molecule has 0 fully saturated rings. The summed E-state index contributed by atoms with van der Waals surface area (Å²) in [5.74, 6) is -1.17. The Kier molecular flexibility index (Phi) is 3.94. The number of carbonyl (C=O) groups excluding carboxylic acids is 1. The first kappa shape index (κ1) is 13.3. The van der Waals surface area contributed by atoms with Gasteiger partial charge in [0.15, 0.2) is 5.69 Å². The van der Waals surface area contributed by atoms with E-state index in [0.29, 0.717) is 0 Å². The summed E-state index contributed by atoms with van der Waals surface area (Å²) in [4.78, 5) is 11.5. The van der Waals surface area contributed by atoms with Crippen LogP contribution in [0.25, 0.3) is 0 Å². The zero-order chi connectivity index (χ0) is 13.8. The molecule has 2 aromatic rings. The number of hydrogen-bond donors (Lipinski definition) is 0. The molecule has 0 radical (unpaired) electrons. The van der Waals surface area contributed by atoms with Crippen molar-refractivity contribution in [1.29, 1.82) is 0 Å². The maximum Gasteiger partial charge on any atom is 0.358 e. The Morgan fingerprint density at radius 2 is 2.11 bits per heavy atom. The maximum atomic E-state index is 13.8. The molecule has 0 saturated carbocycles. The first-order valence-corrected chi connectivity index (χ1v) is 6.10. The molecule has 0 spiro atoms. The molecule has 0 N–H and O–H groups in total. The third-order valence-corrected chi connectivity index (χ3v) is 2.82.